The molecule has 2 heterocycles. The van der Waals surface area contributed by atoms with Gasteiger partial charge in [-0.1, -0.05) is 30.3 Å². The van der Waals surface area contributed by atoms with Crippen molar-refractivity contribution in [2.24, 2.45) is 5.92 Å². The molecule has 1 N–H and O–H groups in total. The third-order valence-electron chi connectivity index (χ3n) is 4.71. The van der Waals surface area contributed by atoms with Crippen LogP contribution in [0.3, 0.4) is 0 Å². The lowest BCUT2D eigenvalue weighted by molar-refractivity contribution is 0.0526. The Morgan fingerprint density at radius 2 is 1.96 bits per heavy atom. The van der Waals surface area contributed by atoms with Gasteiger partial charge in [0.15, 0.2) is 0 Å². The molecule has 0 bridgehead atoms. The maximum Gasteiger partial charge on any atom is 0.339 e. The predicted molar refractivity (Wildman–Crippen MR) is 96.5 cm³/mol. The maximum atomic E-state index is 11.7. The first-order chi connectivity index (χ1) is 12.2. The molecule has 25 heavy (non-hydrogen) atoms. The Hall–Kier alpha value is -2.40. The van der Waals surface area contributed by atoms with E-state index in [4.69, 9.17) is 4.74 Å². The van der Waals surface area contributed by atoms with E-state index in [1.165, 1.54) is 0 Å². The minimum atomic E-state index is -0.414. The summed E-state index contributed by atoms with van der Waals surface area (Å²) >= 11 is 0. The number of hydrogen-bond donors (Lipinski definition) is 1. The highest BCUT2D eigenvalue weighted by atomic mass is 16.5. The summed E-state index contributed by atoms with van der Waals surface area (Å²) in [5.41, 5.74) is 1.46. The smallest absolute Gasteiger partial charge is 0.339 e. The molecule has 1 fully saturated rings. The second-order valence-electron chi connectivity index (χ2n) is 6.31. The third-order valence-corrected chi connectivity index (χ3v) is 4.71. The Morgan fingerprint density at radius 1 is 1.24 bits per heavy atom. The molecule has 1 atom stereocenters. The van der Waals surface area contributed by atoms with Gasteiger partial charge in [-0.15, -0.1) is 0 Å². The van der Waals surface area contributed by atoms with Crippen LogP contribution in [-0.4, -0.2) is 35.8 Å². The number of carbonyl (C=O) groups excluding carboxylic acids is 1. The minimum Gasteiger partial charge on any atom is -0.462 e. The minimum absolute atomic E-state index is 0.262. The number of anilines is 1. The van der Waals surface area contributed by atoms with Gasteiger partial charge in [0, 0.05) is 19.3 Å². The third kappa shape index (κ3) is 4.17. The first-order valence-corrected chi connectivity index (χ1v) is 8.80. The number of aliphatic hydroxyl groups is 1. The van der Waals surface area contributed by atoms with Gasteiger partial charge in [-0.25, -0.2) is 9.78 Å². The summed E-state index contributed by atoms with van der Waals surface area (Å²) in [7, 11) is 0. The molecular formula is C20H24N2O3. The average Bonchev–Trinajstić information content (AvgIpc) is 2.68. The van der Waals surface area contributed by atoms with Crippen molar-refractivity contribution in [1.29, 1.82) is 0 Å². The number of esters is 1. The summed E-state index contributed by atoms with van der Waals surface area (Å²) in [6, 6.07) is 13.5. The zero-order valence-electron chi connectivity index (χ0n) is 14.5. The predicted octanol–water partition coefficient (Wildman–Crippen LogP) is 3.21. The molecule has 1 aromatic carbocycles. The van der Waals surface area contributed by atoms with Crippen LogP contribution in [-0.2, 0) is 4.74 Å². The monoisotopic (exact) mass is 340 g/mol. The van der Waals surface area contributed by atoms with Crippen molar-refractivity contribution in [1.82, 2.24) is 4.98 Å². The van der Waals surface area contributed by atoms with E-state index in [0.29, 0.717) is 12.2 Å². The summed E-state index contributed by atoms with van der Waals surface area (Å²) in [5.74, 6) is 0.782. The summed E-state index contributed by atoms with van der Waals surface area (Å²) in [6.07, 6.45) is 2.98. The van der Waals surface area contributed by atoms with Crippen molar-refractivity contribution in [3.8, 4) is 0 Å². The molecule has 1 saturated heterocycles. The fourth-order valence-corrected chi connectivity index (χ4v) is 3.27. The van der Waals surface area contributed by atoms with Crippen molar-refractivity contribution in [2.45, 2.75) is 25.9 Å². The lowest BCUT2D eigenvalue weighted by Gasteiger charge is -2.35. The largest absolute Gasteiger partial charge is 0.462 e. The molecule has 132 valence electrons. The number of carbonyl (C=O) groups is 1. The van der Waals surface area contributed by atoms with Crippen LogP contribution in [0, 0.1) is 5.92 Å². The van der Waals surface area contributed by atoms with E-state index in [2.05, 4.69) is 9.88 Å². The van der Waals surface area contributed by atoms with E-state index < -0.39 is 6.10 Å². The molecule has 0 aliphatic carbocycles. The topological polar surface area (TPSA) is 62.7 Å². The van der Waals surface area contributed by atoms with Gasteiger partial charge < -0.3 is 14.7 Å². The Morgan fingerprint density at radius 3 is 2.56 bits per heavy atom. The summed E-state index contributed by atoms with van der Waals surface area (Å²) < 4.78 is 4.98. The molecule has 5 nitrogen and oxygen atoms in total. The number of pyridine rings is 1. The van der Waals surface area contributed by atoms with Crippen LogP contribution >= 0.6 is 0 Å². The lowest BCUT2D eigenvalue weighted by Crippen LogP contribution is -2.36. The molecule has 3 rings (SSSR count). The first kappa shape index (κ1) is 17.4. The van der Waals surface area contributed by atoms with Crippen LogP contribution < -0.4 is 4.90 Å². The van der Waals surface area contributed by atoms with Gasteiger partial charge in [0.25, 0.3) is 0 Å². The van der Waals surface area contributed by atoms with Crippen molar-refractivity contribution < 1.29 is 14.6 Å². The van der Waals surface area contributed by atoms with E-state index >= 15 is 0 Å². The number of aromatic nitrogens is 1. The van der Waals surface area contributed by atoms with E-state index in [0.717, 1.165) is 37.3 Å². The highest BCUT2D eigenvalue weighted by Gasteiger charge is 2.26. The standard InChI is InChI=1S/C20H24N2O3/c1-2-25-20(24)17-8-9-18(21-14-17)22-12-10-16(11-13-22)19(23)15-6-4-3-5-7-15/h3-9,14,16,19,23H,2,10-13H2,1H3. The van der Waals surface area contributed by atoms with Crippen molar-refractivity contribution >= 4 is 11.8 Å². The van der Waals surface area contributed by atoms with Gasteiger partial charge in [0.2, 0.25) is 0 Å². The average molecular weight is 340 g/mol. The van der Waals surface area contributed by atoms with Crippen molar-refractivity contribution in [2.75, 3.05) is 24.6 Å². The van der Waals surface area contributed by atoms with Gasteiger partial charge in [0.1, 0.15) is 5.82 Å². The Bertz CT molecular complexity index is 680. The van der Waals surface area contributed by atoms with Gasteiger partial charge in [-0.05, 0) is 43.4 Å². The second-order valence-corrected chi connectivity index (χ2v) is 6.31. The van der Waals surface area contributed by atoms with Crippen LogP contribution in [0.15, 0.2) is 48.7 Å². The van der Waals surface area contributed by atoms with Crippen molar-refractivity contribution in [3.63, 3.8) is 0 Å². The number of benzene rings is 1. The van der Waals surface area contributed by atoms with Crippen LogP contribution in [0.4, 0.5) is 5.82 Å². The molecular weight excluding hydrogens is 316 g/mol. The van der Waals surface area contributed by atoms with E-state index in [-0.39, 0.29) is 11.9 Å². The molecule has 0 amide bonds. The first-order valence-electron chi connectivity index (χ1n) is 8.80. The number of piperidine rings is 1. The molecule has 1 unspecified atom stereocenters. The fourth-order valence-electron chi connectivity index (χ4n) is 3.27. The highest BCUT2D eigenvalue weighted by molar-refractivity contribution is 5.89. The Kier molecular flexibility index (Phi) is 5.66. The molecule has 0 saturated carbocycles. The van der Waals surface area contributed by atoms with Crippen molar-refractivity contribution in [3.05, 3.63) is 59.8 Å². The molecule has 0 radical (unpaired) electrons. The zero-order valence-corrected chi connectivity index (χ0v) is 14.5. The van der Waals surface area contributed by atoms with Crippen LogP contribution in [0.5, 0.6) is 0 Å². The zero-order chi connectivity index (χ0) is 17.6. The Balaban J connectivity index is 1.58. The fraction of sp³-hybridized carbons (Fsp3) is 0.400. The maximum absolute atomic E-state index is 11.7. The normalized spacial score (nSPS) is 16.5. The van der Waals surface area contributed by atoms with Crippen LogP contribution in [0.25, 0.3) is 0 Å². The number of nitrogens with zero attached hydrogens (tertiary/aromatic N) is 2. The summed E-state index contributed by atoms with van der Waals surface area (Å²) in [6.45, 7) is 3.84. The van der Waals surface area contributed by atoms with E-state index in [9.17, 15) is 9.90 Å². The summed E-state index contributed by atoms with van der Waals surface area (Å²) in [4.78, 5) is 18.3. The quantitative estimate of drug-likeness (QED) is 0.847. The number of rotatable bonds is 5. The van der Waals surface area contributed by atoms with Gasteiger partial charge in [-0.3, -0.25) is 0 Å². The number of hydrogen-bond acceptors (Lipinski definition) is 5. The molecule has 1 aliphatic rings. The molecule has 5 heteroatoms. The second kappa shape index (κ2) is 8.12. The molecule has 1 aliphatic heterocycles. The molecule has 0 spiro atoms. The van der Waals surface area contributed by atoms with Gasteiger partial charge >= 0.3 is 5.97 Å². The SMILES string of the molecule is CCOC(=O)c1ccc(N2CCC(C(O)c3ccccc3)CC2)nc1. The molecule has 2 aromatic rings. The number of ether oxygens (including phenoxy) is 1. The lowest BCUT2D eigenvalue weighted by atomic mass is 9.87. The van der Waals surface area contributed by atoms with E-state index in [1.807, 2.05) is 36.4 Å². The summed E-state index contributed by atoms with van der Waals surface area (Å²) in [5, 5.41) is 10.6. The molecule has 1 aromatic heterocycles. The highest BCUT2D eigenvalue weighted by Crippen LogP contribution is 2.31. The Labute approximate surface area is 148 Å². The van der Waals surface area contributed by atoms with E-state index in [1.54, 1.807) is 19.2 Å². The van der Waals surface area contributed by atoms with Gasteiger partial charge in [-0.2, -0.15) is 0 Å². The van der Waals surface area contributed by atoms with Gasteiger partial charge in [0.05, 0.1) is 18.3 Å². The van der Waals surface area contributed by atoms with Crippen LogP contribution in [0.2, 0.25) is 0 Å². The number of aliphatic hydroxyl groups excluding tert-OH is 1. The van der Waals surface area contributed by atoms with Crippen LogP contribution in [0.1, 0.15) is 41.8 Å².